The molecule has 3 N–H and O–H groups in total. The van der Waals surface area contributed by atoms with Gasteiger partial charge in [0.05, 0.1) is 10.2 Å². The van der Waals surface area contributed by atoms with Crippen LogP contribution >= 0.6 is 36.2 Å². The molecule has 6 nitrogen and oxygen atoms in total. The number of rotatable bonds is 3. The Hall–Kier alpha value is -1.12. The first-order valence-electron chi connectivity index (χ1n) is 8.48. The van der Waals surface area contributed by atoms with Crippen LogP contribution in [0.5, 0.6) is 0 Å². The summed E-state index contributed by atoms with van der Waals surface area (Å²) in [6.45, 7) is 3.25. The lowest BCUT2D eigenvalue weighted by Crippen LogP contribution is -2.54. The normalized spacial score (nSPS) is 18.9. The van der Waals surface area contributed by atoms with E-state index in [1.807, 2.05) is 18.2 Å². The van der Waals surface area contributed by atoms with Gasteiger partial charge in [-0.2, -0.15) is 0 Å². The summed E-state index contributed by atoms with van der Waals surface area (Å²) in [5, 5.41) is 4.04. The highest BCUT2D eigenvalue weighted by molar-refractivity contribution is 7.22. The van der Waals surface area contributed by atoms with E-state index in [0.717, 1.165) is 34.1 Å². The second kappa shape index (κ2) is 8.71. The van der Waals surface area contributed by atoms with E-state index >= 15 is 0 Å². The van der Waals surface area contributed by atoms with Crippen molar-refractivity contribution in [2.24, 2.45) is 5.73 Å². The molecule has 4 rings (SSSR count). The maximum Gasteiger partial charge on any atom is 0.244 e. The van der Waals surface area contributed by atoms with Crippen LogP contribution in [0.2, 0.25) is 0 Å². The third-order valence-electron chi connectivity index (χ3n) is 4.85. The number of hydrogen-bond donors (Lipinski definition) is 2. The van der Waals surface area contributed by atoms with E-state index in [0.29, 0.717) is 26.1 Å². The number of benzene rings is 1. The predicted molar refractivity (Wildman–Crippen MR) is 111 cm³/mol. The average molecular weight is 419 g/mol. The number of nitrogens with zero attached hydrogens (tertiary/aromatic N) is 2. The Balaban J connectivity index is 0.00000121. The summed E-state index contributed by atoms with van der Waals surface area (Å²) in [6.07, 6.45) is 3.58. The van der Waals surface area contributed by atoms with E-state index in [1.165, 1.54) is 12.8 Å². The Morgan fingerprint density at radius 2 is 1.92 bits per heavy atom. The average Bonchev–Trinajstić information content (AvgIpc) is 3.24. The van der Waals surface area contributed by atoms with Gasteiger partial charge in [0.15, 0.2) is 5.13 Å². The summed E-state index contributed by atoms with van der Waals surface area (Å²) in [6, 6.07) is 5.86. The molecule has 2 fully saturated rings. The van der Waals surface area contributed by atoms with Gasteiger partial charge in [0.2, 0.25) is 5.91 Å². The zero-order valence-electron chi connectivity index (χ0n) is 14.4. The first-order valence-corrected chi connectivity index (χ1v) is 9.29. The van der Waals surface area contributed by atoms with Crippen LogP contribution in [0.4, 0.5) is 10.8 Å². The van der Waals surface area contributed by atoms with Crippen LogP contribution in [-0.2, 0) is 9.53 Å². The quantitative estimate of drug-likeness (QED) is 0.799. The van der Waals surface area contributed by atoms with Crippen LogP contribution in [0.25, 0.3) is 10.2 Å². The number of aromatic nitrogens is 1. The lowest BCUT2D eigenvalue weighted by atomic mass is 9.90. The van der Waals surface area contributed by atoms with Gasteiger partial charge >= 0.3 is 0 Å². The summed E-state index contributed by atoms with van der Waals surface area (Å²) in [5.74, 6) is -0.130. The molecule has 2 aromatic rings. The molecule has 0 spiro atoms. The van der Waals surface area contributed by atoms with E-state index in [-0.39, 0.29) is 30.7 Å². The molecule has 1 aromatic carbocycles. The lowest BCUT2D eigenvalue weighted by Gasteiger charge is -2.31. The molecule has 0 bridgehead atoms. The Morgan fingerprint density at radius 3 is 2.62 bits per heavy atom. The molecular formula is C17H24Cl2N4O2S. The number of hydrogen-bond acceptors (Lipinski definition) is 6. The van der Waals surface area contributed by atoms with Gasteiger partial charge in [0, 0.05) is 32.0 Å². The molecule has 0 radical (unpaired) electrons. The molecule has 0 aliphatic carbocycles. The van der Waals surface area contributed by atoms with E-state index in [9.17, 15) is 4.79 Å². The summed E-state index contributed by atoms with van der Waals surface area (Å²) in [4.78, 5) is 19.6. The Bertz CT molecular complexity index is 758. The lowest BCUT2D eigenvalue weighted by molar-refractivity contribution is -0.124. The number of thiazole rings is 1. The zero-order valence-corrected chi connectivity index (χ0v) is 16.9. The Labute approximate surface area is 169 Å². The maximum absolute atomic E-state index is 12.5. The first kappa shape index (κ1) is 21.2. The molecule has 0 unspecified atom stereocenters. The number of fused-ring (bicyclic) bond motifs is 1. The fraction of sp³-hybridized carbons (Fsp3) is 0.529. The molecule has 2 saturated heterocycles. The third kappa shape index (κ3) is 4.23. The minimum atomic E-state index is -0.832. The van der Waals surface area contributed by atoms with Crippen molar-refractivity contribution in [3.05, 3.63) is 18.2 Å². The monoisotopic (exact) mass is 418 g/mol. The summed E-state index contributed by atoms with van der Waals surface area (Å²) < 4.78 is 6.39. The van der Waals surface area contributed by atoms with Crippen molar-refractivity contribution in [1.29, 1.82) is 0 Å². The third-order valence-corrected chi connectivity index (χ3v) is 5.93. The fourth-order valence-electron chi connectivity index (χ4n) is 3.25. The van der Waals surface area contributed by atoms with Crippen molar-refractivity contribution in [2.75, 3.05) is 36.5 Å². The number of amides is 1. The van der Waals surface area contributed by atoms with Crippen molar-refractivity contribution >= 4 is 63.1 Å². The second-order valence-electron chi connectivity index (χ2n) is 6.60. The van der Waals surface area contributed by atoms with Crippen LogP contribution in [0.1, 0.15) is 25.7 Å². The van der Waals surface area contributed by atoms with E-state index < -0.39 is 5.54 Å². The van der Waals surface area contributed by atoms with Gasteiger partial charge in [-0.25, -0.2) is 4.98 Å². The van der Waals surface area contributed by atoms with Crippen molar-refractivity contribution in [1.82, 2.24) is 4.98 Å². The minimum absolute atomic E-state index is 0. The van der Waals surface area contributed by atoms with Gasteiger partial charge < -0.3 is 20.7 Å². The number of nitrogens with two attached hydrogens (primary N) is 1. The van der Waals surface area contributed by atoms with Gasteiger partial charge in [0.25, 0.3) is 0 Å². The van der Waals surface area contributed by atoms with Gasteiger partial charge in [-0.15, -0.1) is 24.8 Å². The van der Waals surface area contributed by atoms with Gasteiger partial charge in [0.1, 0.15) is 5.54 Å². The Morgan fingerprint density at radius 1 is 1.23 bits per heavy atom. The van der Waals surface area contributed by atoms with Crippen molar-refractivity contribution in [2.45, 2.75) is 31.2 Å². The van der Waals surface area contributed by atoms with E-state index in [2.05, 4.69) is 10.2 Å². The largest absolute Gasteiger partial charge is 0.381 e. The zero-order chi connectivity index (χ0) is 16.6. The number of anilines is 2. The summed E-state index contributed by atoms with van der Waals surface area (Å²) in [5.41, 5.74) is 7.17. The van der Waals surface area contributed by atoms with Gasteiger partial charge in [-0.1, -0.05) is 11.3 Å². The molecule has 3 heterocycles. The fourth-order valence-corrected chi connectivity index (χ4v) is 4.31. The first-order chi connectivity index (χ1) is 11.6. The standard InChI is InChI=1S/C17H22N4O2S.2ClH/c18-17(5-9-23-10-6-17)15(22)19-12-3-4-13-14(11-12)24-16(20-13)21-7-1-2-8-21;;/h3-4,11H,1-2,5-10,18H2,(H,19,22);2*1H. The molecule has 1 aromatic heterocycles. The van der Waals surface area contributed by atoms with Crippen molar-refractivity contribution in [3.8, 4) is 0 Å². The molecule has 2 aliphatic rings. The van der Waals surface area contributed by atoms with Gasteiger partial charge in [-0.05, 0) is 43.9 Å². The highest BCUT2D eigenvalue weighted by atomic mass is 35.5. The van der Waals surface area contributed by atoms with E-state index in [4.69, 9.17) is 15.5 Å². The number of ether oxygens (including phenoxy) is 1. The maximum atomic E-state index is 12.5. The van der Waals surface area contributed by atoms with Crippen LogP contribution in [0.3, 0.4) is 0 Å². The molecule has 9 heteroatoms. The Kier molecular flexibility index (Phi) is 7.10. The summed E-state index contributed by atoms with van der Waals surface area (Å²) >= 11 is 1.68. The highest BCUT2D eigenvalue weighted by Gasteiger charge is 2.35. The number of carbonyl (C=O) groups excluding carboxylic acids is 1. The van der Waals surface area contributed by atoms with Crippen LogP contribution in [0, 0.1) is 0 Å². The number of carbonyl (C=O) groups is 1. The second-order valence-corrected chi connectivity index (χ2v) is 7.60. The molecule has 0 saturated carbocycles. The van der Waals surface area contributed by atoms with Crippen LogP contribution in [0.15, 0.2) is 18.2 Å². The molecule has 0 atom stereocenters. The van der Waals surface area contributed by atoms with Gasteiger partial charge in [-0.3, -0.25) is 4.79 Å². The smallest absolute Gasteiger partial charge is 0.244 e. The van der Waals surface area contributed by atoms with Crippen LogP contribution < -0.4 is 16.0 Å². The SMILES string of the molecule is Cl.Cl.NC1(C(=O)Nc2ccc3nc(N4CCCC4)sc3c2)CCOCC1. The molecule has 26 heavy (non-hydrogen) atoms. The molecule has 144 valence electrons. The topological polar surface area (TPSA) is 80.5 Å². The predicted octanol–water partition coefficient (Wildman–Crippen LogP) is 3.19. The molecule has 1 amide bonds. The van der Waals surface area contributed by atoms with E-state index in [1.54, 1.807) is 11.3 Å². The summed E-state index contributed by atoms with van der Waals surface area (Å²) in [7, 11) is 0. The highest BCUT2D eigenvalue weighted by Crippen LogP contribution is 2.32. The van der Waals surface area contributed by atoms with Crippen molar-refractivity contribution in [3.63, 3.8) is 0 Å². The van der Waals surface area contributed by atoms with Crippen LogP contribution in [-0.4, -0.2) is 42.7 Å². The number of halogens is 2. The minimum Gasteiger partial charge on any atom is -0.381 e. The molecule has 2 aliphatic heterocycles. The number of nitrogens with one attached hydrogen (secondary N) is 1. The molecular weight excluding hydrogens is 395 g/mol. The van der Waals surface area contributed by atoms with Crippen molar-refractivity contribution < 1.29 is 9.53 Å².